The Labute approximate surface area is 113 Å². The van der Waals surface area contributed by atoms with Gasteiger partial charge in [-0.2, -0.15) is 0 Å². The van der Waals surface area contributed by atoms with Crippen molar-refractivity contribution in [1.82, 2.24) is 4.90 Å². The highest BCUT2D eigenvalue weighted by molar-refractivity contribution is 5.85. The maximum Gasteiger partial charge on any atom is 0.0938 e. The van der Waals surface area contributed by atoms with Gasteiger partial charge in [0, 0.05) is 31.9 Å². The minimum atomic E-state index is -0.597. The average Bonchev–Trinajstić information content (AvgIpc) is 2.87. The van der Waals surface area contributed by atoms with Crippen molar-refractivity contribution in [2.75, 3.05) is 25.0 Å². The van der Waals surface area contributed by atoms with Gasteiger partial charge in [-0.15, -0.1) is 12.4 Å². The number of hydrogen-bond acceptors (Lipinski definition) is 4. The van der Waals surface area contributed by atoms with Gasteiger partial charge in [-0.1, -0.05) is 18.2 Å². The molecule has 18 heavy (non-hydrogen) atoms. The molecule has 0 spiro atoms. The summed E-state index contributed by atoms with van der Waals surface area (Å²) >= 11 is 0. The third-order valence-corrected chi connectivity index (χ3v) is 3.66. The molecule has 3 rings (SSSR count). The predicted octanol–water partition coefficient (Wildman–Crippen LogP) is 0.614. The molecule has 1 aromatic rings. The van der Waals surface area contributed by atoms with E-state index >= 15 is 0 Å². The first-order chi connectivity index (χ1) is 8.24. The molecule has 4 nitrogen and oxygen atoms in total. The summed E-state index contributed by atoms with van der Waals surface area (Å²) in [5.41, 5.74) is 3.90. The molecule has 0 amide bonds. The van der Waals surface area contributed by atoms with Crippen LogP contribution in [-0.4, -0.2) is 47.0 Å². The first-order valence-corrected chi connectivity index (χ1v) is 6.17. The SMILES string of the molecule is Cl.OC1CN(Cc2cccc3c2NCC3)CC1O. The average molecular weight is 271 g/mol. The Morgan fingerprint density at radius 3 is 2.67 bits per heavy atom. The maximum absolute atomic E-state index is 9.53. The number of anilines is 1. The molecule has 100 valence electrons. The molecule has 0 aliphatic carbocycles. The summed E-state index contributed by atoms with van der Waals surface area (Å²) in [4.78, 5) is 2.10. The molecular weight excluding hydrogens is 252 g/mol. The molecule has 3 N–H and O–H groups in total. The quantitative estimate of drug-likeness (QED) is 0.737. The summed E-state index contributed by atoms with van der Waals surface area (Å²) in [5, 5.41) is 22.5. The number of para-hydroxylation sites is 1. The van der Waals surface area contributed by atoms with Crippen molar-refractivity contribution in [1.29, 1.82) is 0 Å². The second kappa shape index (κ2) is 5.45. The van der Waals surface area contributed by atoms with Gasteiger partial charge in [-0.05, 0) is 17.5 Å². The van der Waals surface area contributed by atoms with Gasteiger partial charge in [0.1, 0.15) is 0 Å². The number of hydrogen-bond donors (Lipinski definition) is 3. The van der Waals surface area contributed by atoms with Crippen LogP contribution in [0.25, 0.3) is 0 Å². The molecule has 2 aliphatic heterocycles. The van der Waals surface area contributed by atoms with Crippen LogP contribution in [0.5, 0.6) is 0 Å². The van der Waals surface area contributed by atoms with Crippen LogP contribution >= 0.6 is 12.4 Å². The molecular formula is C13H19ClN2O2. The Balaban J connectivity index is 0.00000120. The number of likely N-dealkylation sites (tertiary alicyclic amines) is 1. The van der Waals surface area contributed by atoms with Crippen molar-refractivity contribution >= 4 is 18.1 Å². The van der Waals surface area contributed by atoms with Crippen molar-refractivity contribution in [3.8, 4) is 0 Å². The van der Waals surface area contributed by atoms with E-state index in [-0.39, 0.29) is 12.4 Å². The molecule has 0 saturated carbocycles. The summed E-state index contributed by atoms with van der Waals surface area (Å²) in [7, 11) is 0. The summed E-state index contributed by atoms with van der Waals surface area (Å²) in [5.74, 6) is 0. The van der Waals surface area contributed by atoms with E-state index in [1.807, 2.05) is 0 Å². The molecule has 0 aromatic heterocycles. The van der Waals surface area contributed by atoms with Crippen molar-refractivity contribution in [2.24, 2.45) is 0 Å². The van der Waals surface area contributed by atoms with E-state index in [1.165, 1.54) is 16.8 Å². The van der Waals surface area contributed by atoms with E-state index in [4.69, 9.17) is 0 Å². The van der Waals surface area contributed by atoms with Crippen LogP contribution in [0.3, 0.4) is 0 Å². The zero-order chi connectivity index (χ0) is 11.8. The number of benzene rings is 1. The largest absolute Gasteiger partial charge is 0.389 e. The minimum absolute atomic E-state index is 0. The fourth-order valence-electron chi connectivity index (χ4n) is 2.76. The fourth-order valence-corrected chi connectivity index (χ4v) is 2.76. The molecule has 2 aliphatic rings. The molecule has 2 unspecified atom stereocenters. The zero-order valence-corrected chi connectivity index (χ0v) is 11.0. The lowest BCUT2D eigenvalue weighted by Crippen LogP contribution is -2.22. The van der Waals surface area contributed by atoms with E-state index < -0.39 is 12.2 Å². The van der Waals surface area contributed by atoms with E-state index in [0.717, 1.165) is 19.5 Å². The number of fused-ring (bicyclic) bond motifs is 1. The summed E-state index contributed by atoms with van der Waals surface area (Å²) < 4.78 is 0. The fraction of sp³-hybridized carbons (Fsp3) is 0.538. The highest BCUT2D eigenvalue weighted by Crippen LogP contribution is 2.28. The zero-order valence-electron chi connectivity index (χ0n) is 10.2. The van der Waals surface area contributed by atoms with Crippen molar-refractivity contribution in [2.45, 2.75) is 25.2 Å². The number of rotatable bonds is 2. The Morgan fingerprint density at radius 2 is 1.94 bits per heavy atom. The van der Waals surface area contributed by atoms with Crippen LogP contribution in [-0.2, 0) is 13.0 Å². The van der Waals surface area contributed by atoms with Gasteiger partial charge >= 0.3 is 0 Å². The first kappa shape index (κ1) is 13.6. The van der Waals surface area contributed by atoms with Gasteiger partial charge in [0.25, 0.3) is 0 Å². The van der Waals surface area contributed by atoms with Gasteiger partial charge in [0.15, 0.2) is 0 Å². The van der Waals surface area contributed by atoms with E-state index in [0.29, 0.717) is 13.1 Å². The van der Waals surface area contributed by atoms with Gasteiger partial charge in [0.2, 0.25) is 0 Å². The lowest BCUT2D eigenvalue weighted by atomic mass is 10.1. The monoisotopic (exact) mass is 270 g/mol. The Hall–Kier alpha value is -0.810. The van der Waals surface area contributed by atoms with Crippen LogP contribution in [0.1, 0.15) is 11.1 Å². The lowest BCUT2D eigenvalue weighted by molar-refractivity contribution is 0.0572. The standard InChI is InChI=1S/C13H18N2O2.ClH/c16-11-7-15(8-12(11)17)6-10-3-1-2-9-4-5-14-13(9)10;/h1-3,11-12,14,16-17H,4-8H2;1H. The normalized spacial score (nSPS) is 26.6. The molecule has 2 heterocycles. The van der Waals surface area contributed by atoms with E-state index in [9.17, 15) is 10.2 Å². The summed E-state index contributed by atoms with van der Waals surface area (Å²) in [6, 6.07) is 6.37. The van der Waals surface area contributed by atoms with Gasteiger partial charge in [0.05, 0.1) is 12.2 Å². The molecule has 1 fully saturated rings. The molecule has 0 bridgehead atoms. The molecule has 1 aromatic carbocycles. The summed E-state index contributed by atoms with van der Waals surface area (Å²) in [6.45, 7) is 2.93. The molecule has 5 heteroatoms. The Morgan fingerprint density at radius 1 is 1.22 bits per heavy atom. The smallest absolute Gasteiger partial charge is 0.0938 e. The van der Waals surface area contributed by atoms with E-state index in [2.05, 4.69) is 28.4 Å². The Kier molecular flexibility index (Phi) is 4.12. The number of aliphatic hydroxyl groups excluding tert-OH is 2. The molecule has 1 saturated heterocycles. The van der Waals surface area contributed by atoms with Gasteiger partial charge in [-0.25, -0.2) is 0 Å². The number of halogens is 1. The van der Waals surface area contributed by atoms with Crippen LogP contribution in [0.2, 0.25) is 0 Å². The van der Waals surface area contributed by atoms with Crippen molar-refractivity contribution < 1.29 is 10.2 Å². The Bertz CT molecular complexity index is 417. The van der Waals surface area contributed by atoms with Crippen LogP contribution in [0, 0.1) is 0 Å². The second-order valence-corrected chi connectivity index (χ2v) is 4.96. The van der Waals surface area contributed by atoms with Gasteiger partial charge < -0.3 is 15.5 Å². The highest BCUT2D eigenvalue weighted by Gasteiger charge is 2.30. The maximum atomic E-state index is 9.53. The van der Waals surface area contributed by atoms with Crippen LogP contribution in [0.15, 0.2) is 18.2 Å². The van der Waals surface area contributed by atoms with Crippen molar-refractivity contribution in [3.63, 3.8) is 0 Å². The minimum Gasteiger partial charge on any atom is -0.389 e. The number of β-amino-alcohol motifs (C(OH)–C–C–N with tert-alkyl or cyclic N) is 2. The number of nitrogens with zero attached hydrogens (tertiary/aromatic N) is 1. The lowest BCUT2D eigenvalue weighted by Gasteiger charge is -2.17. The topological polar surface area (TPSA) is 55.7 Å². The molecule has 2 atom stereocenters. The highest BCUT2D eigenvalue weighted by atomic mass is 35.5. The summed E-state index contributed by atoms with van der Waals surface area (Å²) in [6.07, 6.45) is -0.103. The van der Waals surface area contributed by atoms with Gasteiger partial charge in [-0.3, -0.25) is 4.90 Å². The second-order valence-electron chi connectivity index (χ2n) is 4.96. The third kappa shape index (κ3) is 2.47. The van der Waals surface area contributed by atoms with E-state index in [1.54, 1.807) is 0 Å². The van der Waals surface area contributed by atoms with Crippen LogP contribution in [0.4, 0.5) is 5.69 Å². The predicted molar refractivity (Wildman–Crippen MR) is 73.2 cm³/mol. The number of nitrogens with one attached hydrogen (secondary N) is 1. The first-order valence-electron chi connectivity index (χ1n) is 6.17. The van der Waals surface area contributed by atoms with Crippen LogP contribution < -0.4 is 5.32 Å². The van der Waals surface area contributed by atoms with Crippen molar-refractivity contribution in [3.05, 3.63) is 29.3 Å². The molecule has 0 radical (unpaired) electrons. The third-order valence-electron chi connectivity index (χ3n) is 3.66. The number of aliphatic hydroxyl groups is 2.